The maximum atomic E-state index is 13.1. The number of imide groups is 1. The number of carbonyl (C=O) groups is 2. The van der Waals surface area contributed by atoms with Crippen LogP contribution >= 0.6 is 0 Å². The standard InChI is InChI=1S/C25H25N3O5S/c1-33-19-8-10-20(11-9-19)34(31,32)27-15-12-26(13-16-27)14-17-28-24(29)21-6-2-4-18-5-3-7-22(23(18)21)25(28)30/h2-11H,12-17H2,1H3. The molecule has 2 amide bonds. The number of methoxy groups -OCH3 is 1. The van der Waals surface area contributed by atoms with Crippen LogP contribution in [0.2, 0.25) is 0 Å². The van der Waals surface area contributed by atoms with Gasteiger partial charge in [0.25, 0.3) is 11.8 Å². The van der Waals surface area contributed by atoms with E-state index >= 15 is 0 Å². The normalized spacial score (nSPS) is 17.4. The number of hydrogen-bond donors (Lipinski definition) is 0. The van der Waals surface area contributed by atoms with Gasteiger partial charge in [-0.05, 0) is 41.8 Å². The van der Waals surface area contributed by atoms with E-state index in [0.717, 1.165) is 5.39 Å². The van der Waals surface area contributed by atoms with Crippen molar-refractivity contribution in [1.29, 1.82) is 0 Å². The Morgan fingerprint density at radius 1 is 0.794 bits per heavy atom. The van der Waals surface area contributed by atoms with Crippen LogP contribution < -0.4 is 4.74 Å². The Bertz CT molecular complexity index is 1310. The average Bonchev–Trinajstić information content (AvgIpc) is 2.87. The molecule has 176 valence electrons. The van der Waals surface area contributed by atoms with Gasteiger partial charge in [0.2, 0.25) is 10.0 Å². The van der Waals surface area contributed by atoms with E-state index in [-0.39, 0.29) is 23.3 Å². The predicted octanol–water partition coefficient (Wildman–Crippen LogP) is 2.45. The van der Waals surface area contributed by atoms with Gasteiger partial charge < -0.3 is 4.74 Å². The molecule has 34 heavy (non-hydrogen) atoms. The molecule has 0 unspecified atom stereocenters. The summed E-state index contributed by atoms with van der Waals surface area (Å²) >= 11 is 0. The highest BCUT2D eigenvalue weighted by Crippen LogP contribution is 2.30. The Kier molecular flexibility index (Phi) is 5.85. The molecule has 0 bridgehead atoms. The van der Waals surface area contributed by atoms with Crippen molar-refractivity contribution in [3.05, 3.63) is 71.8 Å². The first-order valence-corrected chi connectivity index (χ1v) is 12.6. The molecular formula is C25H25N3O5S. The molecule has 0 aliphatic carbocycles. The molecule has 2 heterocycles. The summed E-state index contributed by atoms with van der Waals surface area (Å²) in [6.07, 6.45) is 0. The van der Waals surface area contributed by atoms with Crippen LogP contribution in [0.15, 0.2) is 65.6 Å². The van der Waals surface area contributed by atoms with Crippen LogP contribution in [0.5, 0.6) is 5.75 Å². The van der Waals surface area contributed by atoms with Gasteiger partial charge in [-0.1, -0.05) is 24.3 Å². The van der Waals surface area contributed by atoms with Crippen molar-refractivity contribution >= 4 is 32.6 Å². The average molecular weight is 480 g/mol. The Morgan fingerprint density at radius 2 is 1.38 bits per heavy atom. The number of amides is 2. The Hall–Kier alpha value is -3.27. The maximum Gasteiger partial charge on any atom is 0.261 e. The fourth-order valence-electron chi connectivity index (χ4n) is 4.62. The molecule has 0 aromatic heterocycles. The third kappa shape index (κ3) is 3.85. The molecule has 2 aliphatic rings. The summed E-state index contributed by atoms with van der Waals surface area (Å²) in [4.78, 5) is 29.7. The van der Waals surface area contributed by atoms with E-state index in [0.29, 0.717) is 55.0 Å². The minimum Gasteiger partial charge on any atom is -0.497 e. The van der Waals surface area contributed by atoms with Crippen LogP contribution in [0, 0.1) is 0 Å². The van der Waals surface area contributed by atoms with Gasteiger partial charge in [0, 0.05) is 55.8 Å². The van der Waals surface area contributed by atoms with Crippen LogP contribution in [-0.4, -0.2) is 80.7 Å². The molecule has 9 heteroatoms. The van der Waals surface area contributed by atoms with E-state index in [9.17, 15) is 18.0 Å². The molecule has 0 spiro atoms. The fraction of sp³-hybridized carbons (Fsp3) is 0.280. The van der Waals surface area contributed by atoms with Crippen LogP contribution in [-0.2, 0) is 10.0 Å². The number of piperazine rings is 1. The number of benzene rings is 3. The van der Waals surface area contributed by atoms with Crippen molar-refractivity contribution in [3.8, 4) is 5.75 Å². The first-order chi connectivity index (χ1) is 16.4. The number of nitrogens with zero attached hydrogens (tertiary/aromatic N) is 3. The molecule has 2 aliphatic heterocycles. The van der Waals surface area contributed by atoms with E-state index in [1.54, 1.807) is 36.4 Å². The summed E-state index contributed by atoms with van der Waals surface area (Å²) in [7, 11) is -2.05. The number of carbonyl (C=O) groups excluding carboxylic acids is 2. The van der Waals surface area contributed by atoms with Gasteiger partial charge in [-0.15, -0.1) is 0 Å². The van der Waals surface area contributed by atoms with Crippen LogP contribution in [0.1, 0.15) is 20.7 Å². The zero-order valence-corrected chi connectivity index (χ0v) is 19.6. The predicted molar refractivity (Wildman–Crippen MR) is 128 cm³/mol. The van der Waals surface area contributed by atoms with Gasteiger partial charge >= 0.3 is 0 Å². The van der Waals surface area contributed by atoms with Gasteiger partial charge in [0.05, 0.1) is 12.0 Å². The number of rotatable bonds is 6. The van der Waals surface area contributed by atoms with E-state index < -0.39 is 10.0 Å². The SMILES string of the molecule is COc1ccc(S(=O)(=O)N2CCN(CCN3C(=O)c4cccc5cccc(c45)C3=O)CC2)cc1. The lowest BCUT2D eigenvalue weighted by atomic mass is 9.94. The quantitative estimate of drug-likeness (QED) is 0.505. The van der Waals surface area contributed by atoms with Crippen LogP contribution in [0.3, 0.4) is 0 Å². The zero-order valence-electron chi connectivity index (χ0n) is 18.8. The van der Waals surface area contributed by atoms with Crippen molar-refractivity contribution < 1.29 is 22.7 Å². The van der Waals surface area contributed by atoms with E-state index in [1.807, 2.05) is 24.3 Å². The first kappa shape index (κ1) is 22.5. The molecule has 1 saturated heterocycles. The second-order valence-electron chi connectivity index (χ2n) is 8.39. The molecule has 5 rings (SSSR count). The third-order valence-electron chi connectivity index (χ3n) is 6.52. The van der Waals surface area contributed by atoms with Gasteiger partial charge in [-0.25, -0.2) is 8.42 Å². The monoisotopic (exact) mass is 479 g/mol. The molecule has 1 fully saturated rings. The van der Waals surface area contributed by atoms with Crippen molar-refractivity contribution in [3.63, 3.8) is 0 Å². The van der Waals surface area contributed by atoms with Crippen molar-refractivity contribution in [2.75, 3.05) is 46.4 Å². The van der Waals surface area contributed by atoms with E-state index in [2.05, 4.69) is 4.90 Å². The highest BCUT2D eigenvalue weighted by Gasteiger charge is 2.33. The number of sulfonamides is 1. The lowest BCUT2D eigenvalue weighted by Crippen LogP contribution is -2.51. The lowest BCUT2D eigenvalue weighted by Gasteiger charge is -2.35. The van der Waals surface area contributed by atoms with Crippen molar-refractivity contribution in [1.82, 2.24) is 14.1 Å². The number of hydrogen-bond acceptors (Lipinski definition) is 6. The van der Waals surface area contributed by atoms with Crippen molar-refractivity contribution in [2.45, 2.75) is 4.90 Å². The third-order valence-corrected chi connectivity index (χ3v) is 8.44. The molecule has 3 aromatic carbocycles. The van der Waals surface area contributed by atoms with Crippen LogP contribution in [0.4, 0.5) is 0 Å². The smallest absolute Gasteiger partial charge is 0.261 e. The van der Waals surface area contributed by atoms with E-state index in [4.69, 9.17) is 4.74 Å². The van der Waals surface area contributed by atoms with Gasteiger partial charge in [0.1, 0.15) is 5.75 Å². The summed E-state index contributed by atoms with van der Waals surface area (Å²) in [5, 5.41) is 1.60. The summed E-state index contributed by atoms with van der Waals surface area (Å²) < 4.78 is 32.5. The molecule has 0 radical (unpaired) electrons. The summed E-state index contributed by atoms with van der Waals surface area (Å²) in [5.74, 6) is 0.0366. The molecule has 8 nitrogen and oxygen atoms in total. The minimum absolute atomic E-state index is 0.235. The molecule has 3 aromatic rings. The van der Waals surface area contributed by atoms with E-state index in [1.165, 1.54) is 16.3 Å². The summed E-state index contributed by atoms with van der Waals surface area (Å²) in [6.45, 7) is 2.49. The number of ether oxygens (including phenoxy) is 1. The van der Waals surface area contributed by atoms with Gasteiger partial charge in [0.15, 0.2) is 0 Å². The molecular weight excluding hydrogens is 454 g/mol. The van der Waals surface area contributed by atoms with Crippen LogP contribution in [0.25, 0.3) is 10.8 Å². The van der Waals surface area contributed by atoms with Gasteiger partial charge in [-0.2, -0.15) is 4.31 Å². The summed E-state index contributed by atoms with van der Waals surface area (Å²) in [5.41, 5.74) is 1.09. The molecule has 0 N–H and O–H groups in total. The Morgan fingerprint density at radius 3 is 1.94 bits per heavy atom. The Labute approximate surface area is 198 Å². The zero-order chi connectivity index (χ0) is 23.9. The molecule has 0 atom stereocenters. The first-order valence-electron chi connectivity index (χ1n) is 11.1. The lowest BCUT2D eigenvalue weighted by molar-refractivity contribution is 0.0584. The largest absolute Gasteiger partial charge is 0.497 e. The topological polar surface area (TPSA) is 87.2 Å². The van der Waals surface area contributed by atoms with Crippen molar-refractivity contribution in [2.24, 2.45) is 0 Å². The van der Waals surface area contributed by atoms with Gasteiger partial charge in [-0.3, -0.25) is 19.4 Å². The Balaban J connectivity index is 1.23. The highest BCUT2D eigenvalue weighted by atomic mass is 32.2. The summed E-state index contributed by atoms with van der Waals surface area (Å²) in [6, 6.07) is 17.3. The maximum absolute atomic E-state index is 13.1. The second-order valence-corrected chi connectivity index (χ2v) is 10.3. The highest BCUT2D eigenvalue weighted by molar-refractivity contribution is 7.89. The second kappa shape index (κ2) is 8.83. The molecule has 0 saturated carbocycles. The fourth-order valence-corrected chi connectivity index (χ4v) is 6.04. The minimum atomic E-state index is -3.59.